The zero-order valence-electron chi connectivity index (χ0n) is 11.7. The van der Waals surface area contributed by atoms with Crippen molar-refractivity contribution in [2.75, 3.05) is 6.61 Å². The van der Waals surface area contributed by atoms with E-state index in [2.05, 4.69) is 4.98 Å². The number of benzene rings is 2. The molecule has 1 aromatic heterocycles. The van der Waals surface area contributed by atoms with Crippen molar-refractivity contribution in [1.29, 1.82) is 0 Å². The first-order valence-corrected chi connectivity index (χ1v) is 7.81. The van der Waals surface area contributed by atoms with Crippen LogP contribution in [0.2, 0.25) is 5.02 Å². The summed E-state index contributed by atoms with van der Waals surface area (Å²) >= 11 is 7.60. The fraction of sp³-hybridized carbons (Fsp3) is 0.188. The van der Waals surface area contributed by atoms with Gasteiger partial charge in [0.25, 0.3) is 0 Å². The number of phenolic OH excluding ortho intramolecular Hbond substituents is 1. The predicted molar refractivity (Wildman–Crippen MR) is 87.6 cm³/mol. The van der Waals surface area contributed by atoms with Crippen molar-refractivity contribution in [2.24, 2.45) is 0 Å². The molecule has 0 unspecified atom stereocenters. The van der Waals surface area contributed by atoms with Crippen LogP contribution in [0.25, 0.3) is 20.8 Å². The van der Waals surface area contributed by atoms with Gasteiger partial charge in [-0.2, -0.15) is 0 Å². The zero-order chi connectivity index (χ0) is 15.0. The second-order valence-electron chi connectivity index (χ2n) is 4.65. The van der Waals surface area contributed by atoms with Gasteiger partial charge in [0, 0.05) is 16.1 Å². The first kappa shape index (κ1) is 14.2. The number of thiazole rings is 1. The normalized spacial score (nSPS) is 11.0. The summed E-state index contributed by atoms with van der Waals surface area (Å²) < 4.78 is 6.61. The molecule has 2 aromatic carbocycles. The molecular formula is C16H14ClNO2S. The van der Waals surface area contributed by atoms with Crippen LogP contribution in [0.5, 0.6) is 11.5 Å². The number of phenols is 1. The maximum absolute atomic E-state index is 9.91. The van der Waals surface area contributed by atoms with Gasteiger partial charge in [0.15, 0.2) is 11.5 Å². The van der Waals surface area contributed by atoms with Crippen molar-refractivity contribution in [3.05, 3.63) is 40.9 Å². The molecule has 0 saturated carbocycles. The van der Waals surface area contributed by atoms with E-state index in [1.54, 1.807) is 17.4 Å². The molecule has 0 atom stereocenters. The first-order valence-electron chi connectivity index (χ1n) is 6.62. The topological polar surface area (TPSA) is 42.4 Å². The minimum absolute atomic E-state index is 0.155. The highest BCUT2D eigenvalue weighted by atomic mass is 35.5. The van der Waals surface area contributed by atoms with E-state index in [0.717, 1.165) is 26.4 Å². The molecule has 1 N–H and O–H groups in total. The summed E-state index contributed by atoms with van der Waals surface area (Å²) in [7, 11) is 0. The Bertz CT molecular complexity index is 813. The Kier molecular flexibility index (Phi) is 3.74. The summed E-state index contributed by atoms with van der Waals surface area (Å²) in [6, 6.07) is 9.20. The summed E-state index contributed by atoms with van der Waals surface area (Å²) in [4.78, 5) is 4.63. The molecule has 3 aromatic rings. The van der Waals surface area contributed by atoms with Crippen molar-refractivity contribution in [2.45, 2.75) is 13.8 Å². The van der Waals surface area contributed by atoms with Crippen LogP contribution in [0.4, 0.5) is 0 Å². The van der Waals surface area contributed by atoms with Crippen molar-refractivity contribution in [3.8, 4) is 22.1 Å². The van der Waals surface area contributed by atoms with E-state index in [4.69, 9.17) is 16.3 Å². The number of aromatic hydroxyl groups is 1. The molecule has 0 spiro atoms. The summed E-state index contributed by atoms with van der Waals surface area (Å²) in [6.45, 7) is 4.33. The van der Waals surface area contributed by atoms with Crippen molar-refractivity contribution in [3.63, 3.8) is 0 Å². The molecule has 3 nitrogen and oxygen atoms in total. The van der Waals surface area contributed by atoms with Gasteiger partial charge in [0.05, 0.1) is 16.8 Å². The largest absolute Gasteiger partial charge is 0.504 e. The maximum atomic E-state index is 9.91. The van der Waals surface area contributed by atoms with Crippen LogP contribution in [0, 0.1) is 6.92 Å². The smallest absolute Gasteiger partial charge is 0.164 e. The molecule has 3 rings (SSSR count). The number of rotatable bonds is 3. The number of ether oxygens (including phenoxy) is 1. The highest BCUT2D eigenvalue weighted by molar-refractivity contribution is 7.21. The number of nitrogens with zero attached hydrogens (tertiary/aromatic N) is 1. The molecule has 0 saturated heterocycles. The lowest BCUT2D eigenvalue weighted by molar-refractivity contribution is 0.316. The third-order valence-corrected chi connectivity index (χ3v) is 4.56. The standard InChI is InChI=1S/C16H14ClNO2S/c1-3-20-15-9(2)11(5-6-13(15)19)16-18-12-8-10(17)4-7-14(12)21-16/h4-8,19H,3H2,1-2H3. The summed E-state index contributed by atoms with van der Waals surface area (Å²) in [5.41, 5.74) is 2.74. The summed E-state index contributed by atoms with van der Waals surface area (Å²) in [6.07, 6.45) is 0. The Morgan fingerprint density at radius 2 is 2.10 bits per heavy atom. The number of hydrogen-bond acceptors (Lipinski definition) is 4. The average molecular weight is 320 g/mol. The van der Waals surface area contributed by atoms with E-state index in [0.29, 0.717) is 17.4 Å². The Hall–Kier alpha value is -1.78. The van der Waals surface area contributed by atoms with Crippen molar-refractivity contribution < 1.29 is 9.84 Å². The molecule has 1 heterocycles. The molecule has 5 heteroatoms. The van der Waals surface area contributed by atoms with E-state index >= 15 is 0 Å². The molecule has 21 heavy (non-hydrogen) atoms. The van der Waals surface area contributed by atoms with Crippen LogP contribution >= 0.6 is 22.9 Å². The quantitative estimate of drug-likeness (QED) is 0.736. The third kappa shape index (κ3) is 2.57. The van der Waals surface area contributed by atoms with Gasteiger partial charge in [0.2, 0.25) is 0 Å². The number of aromatic nitrogens is 1. The lowest BCUT2D eigenvalue weighted by Crippen LogP contribution is -1.96. The van der Waals surface area contributed by atoms with Crippen LogP contribution in [-0.2, 0) is 0 Å². The van der Waals surface area contributed by atoms with E-state index in [1.807, 2.05) is 38.1 Å². The van der Waals surface area contributed by atoms with Gasteiger partial charge in [-0.3, -0.25) is 0 Å². The average Bonchev–Trinajstić information content (AvgIpc) is 2.86. The van der Waals surface area contributed by atoms with E-state index in [9.17, 15) is 5.11 Å². The zero-order valence-corrected chi connectivity index (χ0v) is 13.3. The molecule has 108 valence electrons. The van der Waals surface area contributed by atoms with Crippen LogP contribution in [0.1, 0.15) is 12.5 Å². The van der Waals surface area contributed by atoms with E-state index in [1.165, 1.54) is 0 Å². The third-order valence-electron chi connectivity index (χ3n) is 3.25. The van der Waals surface area contributed by atoms with Gasteiger partial charge in [-0.15, -0.1) is 11.3 Å². The molecule has 0 aliphatic rings. The number of fused-ring (bicyclic) bond motifs is 1. The molecule has 0 aliphatic carbocycles. The van der Waals surface area contributed by atoms with Gasteiger partial charge in [0.1, 0.15) is 5.01 Å². The second kappa shape index (κ2) is 5.54. The Morgan fingerprint density at radius 3 is 2.86 bits per heavy atom. The fourth-order valence-corrected chi connectivity index (χ4v) is 3.45. The minimum atomic E-state index is 0.155. The predicted octanol–water partition coefficient (Wildman–Crippen LogP) is 5.03. The van der Waals surface area contributed by atoms with Crippen LogP contribution in [-0.4, -0.2) is 16.7 Å². The fourth-order valence-electron chi connectivity index (χ4n) is 2.25. The maximum Gasteiger partial charge on any atom is 0.164 e. The first-order chi connectivity index (χ1) is 10.1. The Balaban J connectivity index is 2.16. The molecule has 0 radical (unpaired) electrons. The SMILES string of the molecule is CCOc1c(O)ccc(-c2nc3cc(Cl)ccc3s2)c1C. The number of halogens is 1. The summed E-state index contributed by atoms with van der Waals surface area (Å²) in [5.74, 6) is 0.676. The highest BCUT2D eigenvalue weighted by Crippen LogP contribution is 2.39. The van der Waals surface area contributed by atoms with Crippen LogP contribution in [0.3, 0.4) is 0 Å². The molecule has 0 fully saturated rings. The Labute approximate surface area is 131 Å². The summed E-state index contributed by atoms with van der Waals surface area (Å²) in [5, 5.41) is 11.5. The van der Waals surface area contributed by atoms with Gasteiger partial charge in [-0.1, -0.05) is 11.6 Å². The highest BCUT2D eigenvalue weighted by Gasteiger charge is 2.15. The lowest BCUT2D eigenvalue weighted by atomic mass is 10.1. The minimum Gasteiger partial charge on any atom is -0.504 e. The molecular weight excluding hydrogens is 306 g/mol. The second-order valence-corrected chi connectivity index (χ2v) is 6.12. The molecule has 0 aliphatic heterocycles. The molecule has 0 amide bonds. The van der Waals surface area contributed by atoms with E-state index < -0.39 is 0 Å². The molecule has 0 bridgehead atoms. The van der Waals surface area contributed by atoms with Crippen LogP contribution in [0.15, 0.2) is 30.3 Å². The lowest BCUT2D eigenvalue weighted by Gasteiger charge is -2.11. The Morgan fingerprint density at radius 1 is 1.29 bits per heavy atom. The van der Waals surface area contributed by atoms with Crippen molar-refractivity contribution in [1.82, 2.24) is 4.98 Å². The van der Waals surface area contributed by atoms with Crippen LogP contribution < -0.4 is 4.74 Å². The van der Waals surface area contributed by atoms with Gasteiger partial charge in [-0.25, -0.2) is 4.98 Å². The van der Waals surface area contributed by atoms with E-state index in [-0.39, 0.29) is 5.75 Å². The van der Waals surface area contributed by atoms with Crippen molar-refractivity contribution >= 4 is 33.2 Å². The van der Waals surface area contributed by atoms with Gasteiger partial charge in [-0.05, 0) is 44.2 Å². The van der Waals surface area contributed by atoms with Gasteiger partial charge >= 0.3 is 0 Å². The monoisotopic (exact) mass is 319 g/mol. The van der Waals surface area contributed by atoms with Gasteiger partial charge < -0.3 is 9.84 Å². The number of hydrogen-bond donors (Lipinski definition) is 1.